The van der Waals surface area contributed by atoms with Crippen molar-refractivity contribution in [1.82, 2.24) is 0 Å². The fraction of sp³-hybridized carbons (Fsp3) is 0.500. The molecular weight excluding hydrogens is 182 g/mol. The number of benzene rings is 1. The first-order valence-corrected chi connectivity index (χ1v) is 5.19. The molecule has 1 aromatic rings. The lowest BCUT2D eigenvalue weighted by molar-refractivity contribution is 0.514. The average Bonchev–Trinajstić information content (AvgIpc) is 2.62. The van der Waals surface area contributed by atoms with Crippen molar-refractivity contribution in [3.63, 3.8) is 0 Å². The van der Waals surface area contributed by atoms with E-state index in [1.165, 1.54) is 31.7 Å². The largest absolute Gasteiger partial charge is 0.207 e. The van der Waals surface area contributed by atoms with Crippen molar-refractivity contribution >= 4 is 0 Å². The maximum atomic E-state index is 13.3. The highest BCUT2D eigenvalue weighted by Crippen LogP contribution is 2.28. The molecule has 14 heavy (non-hydrogen) atoms. The van der Waals surface area contributed by atoms with Crippen LogP contribution in [0.1, 0.15) is 31.2 Å². The van der Waals surface area contributed by atoms with Crippen LogP contribution in [0, 0.1) is 17.6 Å². The first-order valence-electron chi connectivity index (χ1n) is 5.19. The van der Waals surface area contributed by atoms with E-state index in [1.54, 1.807) is 6.07 Å². The highest BCUT2D eigenvalue weighted by Gasteiger charge is 2.17. The lowest BCUT2D eigenvalue weighted by Gasteiger charge is -2.09. The fourth-order valence-corrected chi connectivity index (χ4v) is 2.21. The normalized spacial score (nSPS) is 17.6. The van der Waals surface area contributed by atoms with E-state index in [1.807, 2.05) is 0 Å². The highest BCUT2D eigenvalue weighted by molar-refractivity contribution is 5.19. The standard InChI is InChI=1S/C12H14F2/c13-11-6-5-10(12(14)8-11)7-9-3-1-2-4-9/h5-6,8-9H,1-4,7H2. The van der Waals surface area contributed by atoms with Crippen LogP contribution in [0.4, 0.5) is 8.78 Å². The zero-order valence-corrected chi connectivity index (χ0v) is 8.10. The molecule has 0 unspecified atom stereocenters. The monoisotopic (exact) mass is 196 g/mol. The van der Waals surface area contributed by atoms with Crippen molar-refractivity contribution in [3.05, 3.63) is 35.4 Å². The van der Waals surface area contributed by atoms with Crippen molar-refractivity contribution in [2.24, 2.45) is 5.92 Å². The summed E-state index contributed by atoms with van der Waals surface area (Å²) in [5.74, 6) is -0.274. The Balaban J connectivity index is 2.08. The van der Waals surface area contributed by atoms with Crippen LogP contribution in [0.5, 0.6) is 0 Å². The van der Waals surface area contributed by atoms with Crippen LogP contribution in [0.25, 0.3) is 0 Å². The molecule has 0 amide bonds. The van der Waals surface area contributed by atoms with Gasteiger partial charge in [-0.1, -0.05) is 31.7 Å². The van der Waals surface area contributed by atoms with Crippen LogP contribution in [-0.4, -0.2) is 0 Å². The summed E-state index contributed by atoms with van der Waals surface area (Å²) < 4.78 is 25.9. The van der Waals surface area contributed by atoms with E-state index in [4.69, 9.17) is 0 Å². The minimum absolute atomic E-state index is 0.392. The van der Waals surface area contributed by atoms with Gasteiger partial charge in [-0.15, -0.1) is 0 Å². The number of hydrogen-bond donors (Lipinski definition) is 0. The summed E-state index contributed by atoms with van der Waals surface area (Å²) in [7, 11) is 0. The molecule has 0 heterocycles. The summed E-state index contributed by atoms with van der Waals surface area (Å²) >= 11 is 0. The molecule has 76 valence electrons. The van der Waals surface area contributed by atoms with E-state index in [2.05, 4.69) is 0 Å². The molecule has 2 heteroatoms. The van der Waals surface area contributed by atoms with Crippen LogP contribution < -0.4 is 0 Å². The minimum Gasteiger partial charge on any atom is -0.207 e. The summed E-state index contributed by atoms with van der Waals surface area (Å²) in [5, 5.41) is 0. The topological polar surface area (TPSA) is 0 Å². The maximum absolute atomic E-state index is 13.3. The third-order valence-electron chi connectivity index (χ3n) is 3.00. The van der Waals surface area contributed by atoms with E-state index in [0.717, 1.165) is 12.5 Å². The molecule has 1 aromatic carbocycles. The van der Waals surface area contributed by atoms with Crippen LogP contribution in [0.15, 0.2) is 18.2 Å². The van der Waals surface area contributed by atoms with E-state index in [-0.39, 0.29) is 0 Å². The van der Waals surface area contributed by atoms with Gasteiger partial charge in [0.25, 0.3) is 0 Å². The van der Waals surface area contributed by atoms with Gasteiger partial charge >= 0.3 is 0 Å². The summed E-state index contributed by atoms with van der Waals surface area (Å²) in [6.07, 6.45) is 5.67. The molecule has 0 bridgehead atoms. The Morgan fingerprint density at radius 3 is 2.50 bits per heavy atom. The first-order chi connectivity index (χ1) is 6.75. The van der Waals surface area contributed by atoms with E-state index < -0.39 is 11.6 Å². The molecule has 0 saturated heterocycles. The van der Waals surface area contributed by atoms with Crippen molar-refractivity contribution in [2.45, 2.75) is 32.1 Å². The Bertz CT molecular complexity index is 314. The summed E-state index contributed by atoms with van der Waals surface area (Å²) in [4.78, 5) is 0. The van der Waals surface area contributed by atoms with E-state index >= 15 is 0 Å². The molecule has 2 rings (SSSR count). The summed E-state index contributed by atoms with van der Waals surface area (Å²) in [6, 6.07) is 3.89. The molecule has 0 N–H and O–H groups in total. The van der Waals surface area contributed by atoms with Gasteiger partial charge in [0.05, 0.1) is 0 Å². The third kappa shape index (κ3) is 2.11. The van der Waals surface area contributed by atoms with Gasteiger partial charge in [-0.25, -0.2) is 8.78 Å². The molecule has 0 atom stereocenters. The molecule has 0 aliphatic heterocycles. The molecule has 1 saturated carbocycles. The number of rotatable bonds is 2. The van der Waals surface area contributed by atoms with Gasteiger partial charge in [0.15, 0.2) is 0 Å². The smallest absolute Gasteiger partial charge is 0.129 e. The van der Waals surface area contributed by atoms with Crippen LogP contribution in [0.3, 0.4) is 0 Å². The van der Waals surface area contributed by atoms with Crippen molar-refractivity contribution < 1.29 is 8.78 Å². The van der Waals surface area contributed by atoms with Gasteiger partial charge in [0.2, 0.25) is 0 Å². The quantitative estimate of drug-likeness (QED) is 0.676. The lowest BCUT2D eigenvalue weighted by Crippen LogP contribution is -2.01. The van der Waals surface area contributed by atoms with Gasteiger partial charge in [-0.05, 0) is 24.0 Å². The Morgan fingerprint density at radius 2 is 1.86 bits per heavy atom. The first kappa shape index (κ1) is 9.63. The van der Waals surface area contributed by atoms with Crippen LogP contribution >= 0.6 is 0 Å². The molecule has 0 spiro atoms. The molecule has 0 radical (unpaired) electrons. The predicted octanol–water partition coefficient (Wildman–Crippen LogP) is 3.70. The Morgan fingerprint density at radius 1 is 1.14 bits per heavy atom. The Labute approximate surface area is 82.9 Å². The van der Waals surface area contributed by atoms with E-state index in [9.17, 15) is 8.78 Å². The van der Waals surface area contributed by atoms with Crippen molar-refractivity contribution in [3.8, 4) is 0 Å². The van der Waals surface area contributed by atoms with Crippen LogP contribution in [0.2, 0.25) is 0 Å². The van der Waals surface area contributed by atoms with Crippen LogP contribution in [-0.2, 0) is 6.42 Å². The van der Waals surface area contributed by atoms with Gasteiger partial charge in [0.1, 0.15) is 11.6 Å². The molecule has 0 aromatic heterocycles. The molecule has 1 fully saturated rings. The highest BCUT2D eigenvalue weighted by atomic mass is 19.1. The predicted molar refractivity (Wildman–Crippen MR) is 52.0 cm³/mol. The Hall–Kier alpha value is -0.920. The molecular formula is C12H14F2. The number of halogens is 2. The van der Waals surface area contributed by atoms with Gasteiger partial charge in [-0.3, -0.25) is 0 Å². The zero-order valence-electron chi connectivity index (χ0n) is 8.10. The second-order valence-electron chi connectivity index (χ2n) is 4.09. The zero-order chi connectivity index (χ0) is 9.97. The third-order valence-corrected chi connectivity index (χ3v) is 3.00. The maximum Gasteiger partial charge on any atom is 0.129 e. The van der Waals surface area contributed by atoms with Crippen molar-refractivity contribution in [2.75, 3.05) is 0 Å². The fourth-order valence-electron chi connectivity index (χ4n) is 2.21. The molecule has 1 aliphatic carbocycles. The van der Waals surface area contributed by atoms with E-state index in [0.29, 0.717) is 11.5 Å². The lowest BCUT2D eigenvalue weighted by atomic mass is 9.98. The van der Waals surface area contributed by atoms with Crippen molar-refractivity contribution in [1.29, 1.82) is 0 Å². The average molecular weight is 196 g/mol. The van der Waals surface area contributed by atoms with Gasteiger partial charge in [-0.2, -0.15) is 0 Å². The SMILES string of the molecule is Fc1ccc(CC2CCCC2)c(F)c1. The summed E-state index contributed by atoms with van der Waals surface area (Å²) in [5.41, 5.74) is 0.665. The molecule has 0 nitrogen and oxygen atoms in total. The number of hydrogen-bond acceptors (Lipinski definition) is 0. The van der Waals surface area contributed by atoms with Gasteiger partial charge in [0, 0.05) is 6.07 Å². The second-order valence-corrected chi connectivity index (χ2v) is 4.09. The second kappa shape index (κ2) is 4.07. The Kier molecular flexibility index (Phi) is 2.80. The summed E-state index contributed by atoms with van der Waals surface area (Å²) in [6.45, 7) is 0. The van der Waals surface area contributed by atoms with Gasteiger partial charge < -0.3 is 0 Å². The molecule has 1 aliphatic rings. The minimum atomic E-state index is -0.488.